The van der Waals surface area contributed by atoms with Gasteiger partial charge in [0.15, 0.2) is 6.19 Å². The third-order valence-corrected chi connectivity index (χ3v) is 2.92. The van der Waals surface area contributed by atoms with Crippen molar-refractivity contribution in [1.29, 1.82) is 5.26 Å². The van der Waals surface area contributed by atoms with Gasteiger partial charge >= 0.3 is 0 Å². The van der Waals surface area contributed by atoms with E-state index in [1.165, 1.54) is 16.8 Å². The predicted octanol–water partition coefficient (Wildman–Crippen LogP) is 1.40. The molecule has 0 aliphatic heterocycles. The van der Waals surface area contributed by atoms with Crippen molar-refractivity contribution in [3.8, 4) is 6.19 Å². The lowest BCUT2D eigenvalue weighted by molar-refractivity contribution is 0.855. The maximum absolute atomic E-state index is 8.84. The number of aromatic nitrogens is 3. The van der Waals surface area contributed by atoms with Gasteiger partial charge in [0.1, 0.15) is 18.0 Å². The topological polar surface area (TPSA) is 71.8 Å². The van der Waals surface area contributed by atoms with Gasteiger partial charge in [0.25, 0.3) is 0 Å². The largest absolute Gasteiger partial charge is 0.367 e. The second-order valence-electron chi connectivity index (χ2n) is 4.28. The Balaban J connectivity index is 2.02. The van der Waals surface area contributed by atoms with E-state index in [4.69, 9.17) is 5.26 Å². The molecule has 0 saturated heterocycles. The minimum atomic E-state index is 0.598. The summed E-state index contributed by atoms with van der Waals surface area (Å²) in [6.45, 7) is 0.852. The molecule has 0 bridgehead atoms. The zero-order valence-corrected chi connectivity index (χ0v) is 11.0. The number of nitrogens with one attached hydrogen (secondary N) is 1. The Bertz CT molecular complexity index is 557. The van der Waals surface area contributed by atoms with Gasteiger partial charge in [-0.1, -0.05) is 0 Å². The molecule has 0 aromatic carbocycles. The van der Waals surface area contributed by atoms with Crippen LogP contribution in [-0.2, 0) is 6.42 Å². The van der Waals surface area contributed by atoms with E-state index in [0.717, 1.165) is 18.8 Å². The molecule has 0 fully saturated rings. The molecule has 2 aromatic heterocycles. The number of hydrogen-bond acceptors (Lipinski definition) is 5. The maximum Gasteiger partial charge on any atom is 0.185 e. The molecular weight excluding hydrogens is 240 g/mol. The number of anilines is 2. The van der Waals surface area contributed by atoms with Crippen molar-refractivity contribution in [2.45, 2.75) is 6.42 Å². The molecule has 6 nitrogen and oxygen atoms in total. The first-order valence-electron chi connectivity index (χ1n) is 5.99. The third-order valence-electron chi connectivity index (χ3n) is 2.92. The van der Waals surface area contributed by atoms with Crippen LogP contribution < -0.4 is 9.80 Å². The molecule has 98 valence electrons. The van der Waals surface area contributed by atoms with Crippen molar-refractivity contribution in [2.75, 3.05) is 30.4 Å². The average Bonchev–Trinajstić information content (AvgIpc) is 2.97. The van der Waals surface area contributed by atoms with Gasteiger partial charge in [0.05, 0.1) is 0 Å². The van der Waals surface area contributed by atoms with Gasteiger partial charge in [0, 0.05) is 39.1 Å². The first-order chi connectivity index (χ1) is 9.20. The van der Waals surface area contributed by atoms with Crippen molar-refractivity contribution in [1.82, 2.24) is 15.0 Å². The summed E-state index contributed by atoms with van der Waals surface area (Å²) in [5.74, 6) is 1.41. The van der Waals surface area contributed by atoms with Crippen molar-refractivity contribution in [3.63, 3.8) is 0 Å². The number of nitriles is 1. The molecule has 1 N–H and O–H groups in total. The van der Waals surface area contributed by atoms with E-state index in [1.54, 1.807) is 13.1 Å². The predicted molar refractivity (Wildman–Crippen MR) is 73.8 cm³/mol. The molecule has 0 saturated carbocycles. The first kappa shape index (κ1) is 12.9. The van der Waals surface area contributed by atoms with Gasteiger partial charge in [-0.25, -0.2) is 9.97 Å². The lowest BCUT2D eigenvalue weighted by Crippen LogP contribution is -2.22. The van der Waals surface area contributed by atoms with Crippen LogP contribution >= 0.6 is 0 Å². The summed E-state index contributed by atoms with van der Waals surface area (Å²) in [4.78, 5) is 14.8. The normalized spacial score (nSPS) is 9.95. The molecule has 19 heavy (non-hydrogen) atoms. The fourth-order valence-corrected chi connectivity index (χ4v) is 1.71. The van der Waals surface area contributed by atoms with Crippen LogP contribution in [0.3, 0.4) is 0 Å². The Morgan fingerprint density at radius 2 is 2.11 bits per heavy atom. The summed E-state index contributed by atoms with van der Waals surface area (Å²) in [6, 6.07) is 3.86. The van der Waals surface area contributed by atoms with Crippen LogP contribution in [0, 0.1) is 11.5 Å². The van der Waals surface area contributed by atoms with Gasteiger partial charge in [-0.2, -0.15) is 5.26 Å². The molecule has 0 aliphatic rings. The highest BCUT2D eigenvalue weighted by Crippen LogP contribution is 2.15. The molecule has 0 amide bonds. The van der Waals surface area contributed by atoms with E-state index in [9.17, 15) is 0 Å². The maximum atomic E-state index is 8.84. The molecule has 0 spiro atoms. The molecule has 2 heterocycles. The van der Waals surface area contributed by atoms with Crippen molar-refractivity contribution in [2.24, 2.45) is 0 Å². The molecule has 0 aliphatic carbocycles. The Labute approximate surface area is 112 Å². The minimum Gasteiger partial charge on any atom is -0.367 e. The van der Waals surface area contributed by atoms with Gasteiger partial charge < -0.3 is 9.88 Å². The standard InChI is InChI=1S/C13H16N6/c1-18(6-4-11-3-5-15-8-11)12-7-13(17-10-16-12)19(2)9-14/h3,5,7-8,10,15H,4,6H2,1-2H3. The molecule has 0 atom stereocenters. The third kappa shape index (κ3) is 3.22. The van der Waals surface area contributed by atoms with E-state index < -0.39 is 0 Å². The van der Waals surface area contributed by atoms with Crippen LogP contribution in [0.2, 0.25) is 0 Å². The van der Waals surface area contributed by atoms with E-state index in [-0.39, 0.29) is 0 Å². The quantitative estimate of drug-likeness (QED) is 0.646. The fourth-order valence-electron chi connectivity index (χ4n) is 1.71. The highest BCUT2D eigenvalue weighted by atomic mass is 15.2. The number of hydrogen-bond donors (Lipinski definition) is 1. The van der Waals surface area contributed by atoms with E-state index in [1.807, 2.05) is 30.5 Å². The highest BCUT2D eigenvalue weighted by molar-refractivity contribution is 5.51. The molecule has 2 rings (SSSR count). The van der Waals surface area contributed by atoms with Gasteiger partial charge in [-0.05, 0) is 18.1 Å². The van der Waals surface area contributed by atoms with Crippen molar-refractivity contribution < 1.29 is 0 Å². The summed E-state index contributed by atoms with van der Waals surface area (Å²) in [5, 5.41) is 8.84. The molecule has 2 aromatic rings. The van der Waals surface area contributed by atoms with E-state index in [0.29, 0.717) is 5.82 Å². The lowest BCUT2D eigenvalue weighted by Gasteiger charge is -2.18. The second kappa shape index (κ2) is 5.87. The Morgan fingerprint density at radius 3 is 2.79 bits per heavy atom. The van der Waals surface area contributed by atoms with Crippen molar-refractivity contribution >= 4 is 11.6 Å². The van der Waals surface area contributed by atoms with Crippen molar-refractivity contribution in [3.05, 3.63) is 36.4 Å². The Hall–Kier alpha value is -2.55. The summed E-state index contributed by atoms with van der Waals surface area (Å²) in [5.41, 5.74) is 1.26. The molecule has 0 unspecified atom stereocenters. The van der Waals surface area contributed by atoms with Crippen LogP contribution in [0.25, 0.3) is 0 Å². The van der Waals surface area contributed by atoms with E-state index in [2.05, 4.69) is 21.0 Å². The molecule has 0 radical (unpaired) electrons. The second-order valence-corrected chi connectivity index (χ2v) is 4.28. The zero-order valence-electron chi connectivity index (χ0n) is 11.0. The van der Waals surface area contributed by atoms with Crippen LogP contribution in [0.1, 0.15) is 5.56 Å². The summed E-state index contributed by atoms with van der Waals surface area (Å²) >= 11 is 0. The number of nitrogens with zero attached hydrogens (tertiary/aromatic N) is 5. The first-order valence-corrected chi connectivity index (χ1v) is 5.99. The SMILES string of the molecule is CN(C#N)c1cc(N(C)CCc2cc[nH]c2)ncn1. The smallest absolute Gasteiger partial charge is 0.185 e. The zero-order chi connectivity index (χ0) is 13.7. The average molecular weight is 256 g/mol. The van der Waals surface area contributed by atoms with Crippen LogP contribution in [0.4, 0.5) is 11.6 Å². The summed E-state index contributed by atoms with van der Waals surface area (Å²) < 4.78 is 0. The van der Waals surface area contributed by atoms with Crippen LogP contribution in [0.5, 0.6) is 0 Å². The van der Waals surface area contributed by atoms with Gasteiger partial charge in [0.2, 0.25) is 0 Å². The number of likely N-dealkylation sites (N-methyl/N-ethyl adjacent to an activating group) is 1. The summed E-state index contributed by atoms with van der Waals surface area (Å²) in [7, 11) is 3.65. The van der Waals surface area contributed by atoms with Gasteiger partial charge in [-0.3, -0.25) is 4.90 Å². The highest BCUT2D eigenvalue weighted by Gasteiger charge is 2.07. The number of rotatable bonds is 5. The van der Waals surface area contributed by atoms with Crippen LogP contribution in [0.15, 0.2) is 30.9 Å². The lowest BCUT2D eigenvalue weighted by atomic mass is 10.2. The Morgan fingerprint density at radius 1 is 1.32 bits per heavy atom. The Kier molecular flexibility index (Phi) is 3.98. The molecule has 6 heteroatoms. The van der Waals surface area contributed by atoms with Gasteiger partial charge in [-0.15, -0.1) is 0 Å². The number of aromatic amines is 1. The molecular formula is C13H16N6. The number of H-pyrrole nitrogens is 1. The van der Waals surface area contributed by atoms with E-state index >= 15 is 0 Å². The monoisotopic (exact) mass is 256 g/mol. The van der Waals surface area contributed by atoms with Crippen LogP contribution in [-0.4, -0.2) is 35.6 Å². The summed E-state index contributed by atoms with van der Waals surface area (Å²) in [6.07, 6.45) is 8.34. The fraction of sp³-hybridized carbons (Fsp3) is 0.308. The minimum absolute atomic E-state index is 0.598.